The summed E-state index contributed by atoms with van der Waals surface area (Å²) >= 11 is 0. The van der Waals surface area contributed by atoms with Crippen LogP contribution in [0, 0.1) is 6.92 Å². The molecule has 0 radical (unpaired) electrons. The number of aromatic nitrogens is 2. The van der Waals surface area contributed by atoms with Crippen LogP contribution in [0.25, 0.3) is 17.0 Å². The number of amides is 1. The number of hydrogen-bond acceptors (Lipinski definition) is 6. The maximum absolute atomic E-state index is 8.58. The smallest absolute Gasteiger partial charge is 0.204 e. The van der Waals surface area contributed by atoms with E-state index < -0.39 is 0 Å². The molecular weight excluding hydrogens is 532 g/mol. The third-order valence-corrected chi connectivity index (χ3v) is 7.34. The van der Waals surface area contributed by atoms with E-state index in [4.69, 9.17) is 4.79 Å². The van der Waals surface area contributed by atoms with Crippen LogP contribution in [-0.2, 0) is 17.6 Å². The normalized spacial score (nSPS) is 11.5. The number of carbonyl (C=O) groups is 1. The second-order valence-electron chi connectivity index (χ2n) is 10.7. The molecule has 0 fully saturated rings. The maximum Gasteiger partial charge on any atom is 0.204 e. The Labute approximate surface area is 259 Å². The second-order valence-corrected chi connectivity index (χ2v) is 10.7. The summed E-state index contributed by atoms with van der Waals surface area (Å²) in [5.74, 6) is 0.826. The molecule has 7 nitrogen and oxygen atoms in total. The predicted molar refractivity (Wildman–Crippen MR) is 185 cm³/mol. The first-order valence-corrected chi connectivity index (χ1v) is 15.7. The molecule has 1 heterocycles. The van der Waals surface area contributed by atoms with Gasteiger partial charge < -0.3 is 16.0 Å². The Morgan fingerprint density at radius 2 is 1.77 bits per heavy atom. The van der Waals surface area contributed by atoms with E-state index in [9.17, 15) is 0 Å². The minimum absolute atomic E-state index is 0.250. The molecule has 0 aliphatic heterocycles. The molecule has 0 saturated heterocycles. The molecule has 1 aromatic heterocycles. The zero-order valence-corrected chi connectivity index (χ0v) is 27.0. The van der Waals surface area contributed by atoms with Crippen molar-refractivity contribution in [1.29, 1.82) is 0 Å². The van der Waals surface area contributed by atoms with Crippen molar-refractivity contribution in [2.75, 3.05) is 31.5 Å². The highest BCUT2D eigenvalue weighted by molar-refractivity contribution is 5.95. The van der Waals surface area contributed by atoms with E-state index in [1.807, 2.05) is 13.0 Å². The van der Waals surface area contributed by atoms with Crippen LogP contribution in [-0.4, -0.2) is 53.2 Å². The van der Waals surface area contributed by atoms with E-state index in [0.29, 0.717) is 0 Å². The standard InChI is InChI=1S/C35H49N5.CH3NO/c1-7-14-31(36-11-5)18-16-29-17-19-32(23-27(29)6)39-35-33-24-28(10-4)30(25-34(33)37-26-38-35)15-12-13-22-40(20-8-2)21-9-3;2-1-3/h7,10,14,17,19,23-26H,4,8-9,11-13,15-16,18,20-22H2,1-3,5-6H3,(H,37,38,39);1H,(H2,2,3)/b14-7-,36-31?;. The van der Waals surface area contributed by atoms with Gasteiger partial charge in [0.15, 0.2) is 0 Å². The second kappa shape index (κ2) is 20.1. The fourth-order valence-corrected chi connectivity index (χ4v) is 5.35. The molecule has 43 heavy (non-hydrogen) atoms. The number of hydrogen-bond donors (Lipinski definition) is 2. The number of fused-ring (bicyclic) bond motifs is 1. The van der Waals surface area contributed by atoms with Gasteiger partial charge in [-0.3, -0.25) is 9.79 Å². The van der Waals surface area contributed by atoms with Crippen molar-refractivity contribution in [2.45, 2.75) is 79.6 Å². The lowest BCUT2D eigenvalue weighted by Crippen LogP contribution is -2.26. The molecule has 3 rings (SSSR count). The van der Waals surface area contributed by atoms with Gasteiger partial charge in [0, 0.05) is 23.3 Å². The number of nitrogens with one attached hydrogen (secondary N) is 1. The van der Waals surface area contributed by atoms with E-state index in [2.05, 4.69) is 108 Å². The lowest BCUT2D eigenvalue weighted by molar-refractivity contribution is -0.106. The van der Waals surface area contributed by atoms with Gasteiger partial charge in [-0.1, -0.05) is 38.6 Å². The molecule has 1 amide bonds. The zero-order chi connectivity index (χ0) is 31.5. The Morgan fingerprint density at radius 1 is 1.02 bits per heavy atom. The minimum Gasteiger partial charge on any atom is -0.372 e. The number of allylic oxidation sites excluding steroid dienone is 2. The van der Waals surface area contributed by atoms with Crippen LogP contribution in [0.2, 0.25) is 0 Å². The average Bonchev–Trinajstić information content (AvgIpc) is 2.99. The summed E-state index contributed by atoms with van der Waals surface area (Å²) in [6, 6.07) is 11.0. The SMILES string of the molecule is C=Cc1cc2c(Nc3ccc(CCC(/C=C\C)=NCC)c(C)c3)ncnc2cc1CCCCN(CCC)CCC.NC=O. The number of nitrogens with zero attached hydrogens (tertiary/aromatic N) is 4. The van der Waals surface area contributed by atoms with Gasteiger partial charge >= 0.3 is 0 Å². The zero-order valence-electron chi connectivity index (χ0n) is 27.0. The number of rotatable bonds is 17. The summed E-state index contributed by atoms with van der Waals surface area (Å²) in [5, 5.41) is 4.57. The summed E-state index contributed by atoms with van der Waals surface area (Å²) in [4.78, 5) is 25.0. The molecular formula is C36H52N6O. The molecule has 0 atom stereocenters. The van der Waals surface area contributed by atoms with E-state index >= 15 is 0 Å². The number of unbranched alkanes of at least 4 members (excludes halogenated alkanes) is 1. The first kappa shape index (κ1) is 35.4. The number of primary amides is 1. The Morgan fingerprint density at radius 3 is 2.40 bits per heavy atom. The van der Waals surface area contributed by atoms with Crippen LogP contribution in [0.5, 0.6) is 0 Å². The molecule has 0 unspecified atom stereocenters. The summed E-state index contributed by atoms with van der Waals surface area (Å²) in [5.41, 5.74) is 12.4. The fourth-order valence-electron chi connectivity index (χ4n) is 5.35. The molecule has 0 spiro atoms. The lowest BCUT2D eigenvalue weighted by Gasteiger charge is -2.20. The van der Waals surface area contributed by atoms with Gasteiger partial charge in [-0.2, -0.15) is 0 Å². The summed E-state index contributed by atoms with van der Waals surface area (Å²) in [6.45, 7) is 19.3. The van der Waals surface area contributed by atoms with Gasteiger partial charge in [-0.05, 0) is 138 Å². The number of aryl methyl sites for hydroxylation is 3. The van der Waals surface area contributed by atoms with Crippen LogP contribution in [0.15, 0.2) is 60.4 Å². The largest absolute Gasteiger partial charge is 0.372 e. The van der Waals surface area contributed by atoms with Crippen LogP contribution < -0.4 is 11.1 Å². The van der Waals surface area contributed by atoms with Crippen molar-refractivity contribution < 1.29 is 4.79 Å². The Kier molecular flexibility index (Phi) is 16.6. The summed E-state index contributed by atoms with van der Waals surface area (Å²) in [6.07, 6.45) is 15.8. The van der Waals surface area contributed by atoms with Crippen molar-refractivity contribution in [3.8, 4) is 0 Å². The first-order valence-electron chi connectivity index (χ1n) is 15.7. The Balaban J connectivity index is 0.00000206. The number of carbonyl (C=O) groups excluding carboxylic acids is 1. The molecule has 0 aliphatic rings. The van der Waals surface area contributed by atoms with Gasteiger partial charge in [0.2, 0.25) is 6.41 Å². The molecule has 3 aromatic rings. The molecule has 7 heteroatoms. The van der Waals surface area contributed by atoms with E-state index in [1.165, 1.54) is 67.6 Å². The molecule has 0 bridgehead atoms. The van der Waals surface area contributed by atoms with Gasteiger partial charge in [0.1, 0.15) is 12.1 Å². The van der Waals surface area contributed by atoms with Crippen LogP contribution >= 0.6 is 0 Å². The molecule has 0 saturated carbocycles. The Hall–Kier alpha value is -3.84. The number of nitrogens with two attached hydrogens (primary N) is 1. The van der Waals surface area contributed by atoms with Crippen LogP contribution in [0.1, 0.15) is 82.1 Å². The fraction of sp³-hybridized carbons (Fsp3) is 0.444. The average molecular weight is 585 g/mol. The van der Waals surface area contributed by atoms with Crippen LogP contribution in [0.3, 0.4) is 0 Å². The van der Waals surface area contributed by atoms with Crippen molar-refractivity contribution in [3.63, 3.8) is 0 Å². The molecule has 3 N–H and O–H groups in total. The van der Waals surface area contributed by atoms with E-state index in [1.54, 1.807) is 6.33 Å². The maximum atomic E-state index is 8.58. The van der Waals surface area contributed by atoms with Gasteiger partial charge in [-0.15, -0.1) is 0 Å². The molecule has 232 valence electrons. The molecule has 0 aliphatic carbocycles. The lowest BCUT2D eigenvalue weighted by atomic mass is 9.99. The summed E-state index contributed by atoms with van der Waals surface area (Å²) in [7, 11) is 0. The van der Waals surface area contributed by atoms with Crippen molar-refractivity contribution in [2.24, 2.45) is 10.7 Å². The van der Waals surface area contributed by atoms with Crippen molar-refractivity contribution in [3.05, 3.63) is 77.6 Å². The first-order chi connectivity index (χ1) is 20.9. The number of anilines is 2. The highest BCUT2D eigenvalue weighted by Gasteiger charge is 2.11. The van der Waals surface area contributed by atoms with Crippen molar-refractivity contribution >= 4 is 40.6 Å². The highest BCUT2D eigenvalue weighted by atomic mass is 16.1. The monoisotopic (exact) mass is 584 g/mol. The van der Waals surface area contributed by atoms with Gasteiger partial charge in [-0.25, -0.2) is 9.97 Å². The minimum atomic E-state index is 0.250. The number of aliphatic imine (C=N–C) groups is 1. The van der Waals surface area contributed by atoms with Gasteiger partial charge in [0.25, 0.3) is 0 Å². The van der Waals surface area contributed by atoms with E-state index in [0.717, 1.165) is 53.9 Å². The highest BCUT2D eigenvalue weighted by Crippen LogP contribution is 2.28. The third kappa shape index (κ3) is 11.8. The van der Waals surface area contributed by atoms with Crippen molar-refractivity contribution in [1.82, 2.24) is 14.9 Å². The number of benzene rings is 2. The predicted octanol–water partition coefficient (Wildman–Crippen LogP) is 7.84. The van der Waals surface area contributed by atoms with E-state index in [-0.39, 0.29) is 6.41 Å². The summed E-state index contributed by atoms with van der Waals surface area (Å²) < 4.78 is 0. The quantitative estimate of drug-likeness (QED) is 0.0957. The topological polar surface area (TPSA) is 96.5 Å². The van der Waals surface area contributed by atoms with Crippen LogP contribution in [0.4, 0.5) is 11.5 Å². The Bertz CT molecular complexity index is 1340. The third-order valence-electron chi connectivity index (χ3n) is 7.34. The molecule has 2 aromatic carbocycles. The van der Waals surface area contributed by atoms with Gasteiger partial charge in [0.05, 0.1) is 5.52 Å².